The summed E-state index contributed by atoms with van der Waals surface area (Å²) in [7, 11) is 0. The van der Waals surface area contributed by atoms with Crippen LogP contribution in [0.25, 0.3) is 0 Å². The van der Waals surface area contributed by atoms with Crippen LogP contribution >= 0.6 is 11.6 Å². The van der Waals surface area contributed by atoms with Crippen molar-refractivity contribution < 1.29 is 17.9 Å². The highest BCUT2D eigenvalue weighted by Crippen LogP contribution is 2.28. The molecule has 0 aromatic carbocycles. The summed E-state index contributed by atoms with van der Waals surface area (Å²) in [4.78, 5) is 3.97. The monoisotopic (exact) mass is 264 g/mol. The van der Waals surface area contributed by atoms with Crippen LogP contribution in [0.5, 0.6) is 5.75 Å². The first-order valence-electron chi connectivity index (χ1n) is 4.55. The summed E-state index contributed by atoms with van der Waals surface area (Å²) >= 11 is 5.57. The van der Waals surface area contributed by atoms with E-state index in [-0.39, 0.29) is 35.0 Å². The van der Waals surface area contributed by atoms with Gasteiger partial charge in [0.05, 0.1) is 29.8 Å². The molecule has 0 N–H and O–H groups in total. The average molecular weight is 265 g/mol. The van der Waals surface area contributed by atoms with E-state index in [4.69, 9.17) is 16.9 Å². The molecule has 0 aliphatic rings. The molecule has 0 bridgehead atoms. The molecule has 0 saturated heterocycles. The third-order valence-corrected chi connectivity index (χ3v) is 2.24. The second kappa shape index (κ2) is 5.23. The van der Waals surface area contributed by atoms with Gasteiger partial charge in [0.1, 0.15) is 5.75 Å². The van der Waals surface area contributed by atoms with Crippen LogP contribution in [0.4, 0.5) is 13.2 Å². The molecule has 0 fully saturated rings. The minimum Gasteiger partial charge on any atom is -0.405 e. The van der Waals surface area contributed by atoms with Gasteiger partial charge in [0.2, 0.25) is 0 Å². The Morgan fingerprint density at radius 1 is 1.53 bits per heavy atom. The van der Waals surface area contributed by atoms with E-state index < -0.39 is 6.36 Å². The van der Waals surface area contributed by atoms with Crippen molar-refractivity contribution in [1.29, 1.82) is 5.26 Å². The third-order valence-electron chi connectivity index (χ3n) is 1.99. The van der Waals surface area contributed by atoms with Crippen LogP contribution in [-0.2, 0) is 12.3 Å². The van der Waals surface area contributed by atoms with E-state index >= 15 is 0 Å². The number of halogens is 4. The van der Waals surface area contributed by atoms with Crippen molar-refractivity contribution >= 4 is 11.6 Å². The summed E-state index contributed by atoms with van der Waals surface area (Å²) in [5.74, 6) is -0.410. The van der Waals surface area contributed by atoms with Crippen LogP contribution in [0.2, 0.25) is 0 Å². The maximum Gasteiger partial charge on any atom is 0.573 e. The van der Waals surface area contributed by atoms with Gasteiger partial charge in [-0.2, -0.15) is 5.26 Å². The lowest BCUT2D eigenvalue weighted by Crippen LogP contribution is -2.18. The number of nitrogens with zero attached hydrogens (tertiary/aromatic N) is 2. The molecule has 1 aromatic heterocycles. The van der Waals surface area contributed by atoms with Crippen molar-refractivity contribution in [3.8, 4) is 11.8 Å². The van der Waals surface area contributed by atoms with Crippen LogP contribution in [0, 0.1) is 18.3 Å². The first-order valence-corrected chi connectivity index (χ1v) is 5.09. The molecule has 0 amide bonds. The Labute approximate surface area is 101 Å². The van der Waals surface area contributed by atoms with Crippen LogP contribution in [0.3, 0.4) is 0 Å². The van der Waals surface area contributed by atoms with Gasteiger partial charge < -0.3 is 4.74 Å². The average Bonchev–Trinajstić information content (AvgIpc) is 2.21. The fraction of sp³-hybridized carbons (Fsp3) is 0.400. The molecular formula is C10H8ClF3N2O. The molecule has 1 aromatic rings. The Morgan fingerprint density at radius 3 is 2.65 bits per heavy atom. The maximum absolute atomic E-state index is 12.1. The van der Waals surface area contributed by atoms with Crippen LogP contribution in [0.1, 0.15) is 17.0 Å². The summed E-state index contributed by atoms with van der Waals surface area (Å²) in [6.07, 6.45) is -4.88. The number of rotatable bonds is 3. The zero-order valence-corrected chi connectivity index (χ0v) is 9.56. The zero-order valence-electron chi connectivity index (χ0n) is 8.81. The van der Waals surface area contributed by atoms with Gasteiger partial charge in [0, 0.05) is 11.6 Å². The van der Waals surface area contributed by atoms with Crippen molar-refractivity contribution in [2.45, 2.75) is 25.6 Å². The highest BCUT2D eigenvalue weighted by atomic mass is 35.5. The molecule has 0 aliphatic carbocycles. The smallest absolute Gasteiger partial charge is 0.405 e. The van der Waals surface area contributed by atoms with Crippen LogP contribution in [0.15, 0.2) is 6.07 Å². The van der Waals surface area contributed by atoms with E-state index in [0.717, 1.165) is 6.07 Å². The number of ether oxygens (including phenoxy) is 1. The summed E-state index contributed by atoms with van der Waals surface area (Å²) in [5, 5.41) is 8.49. The topological polar surface area (TPSA) is 45.9 Å². The SMILES string of the molecule is Cc1c(OC(F)(F)F)cc(CC#N)nc1CCl. The van der Waals surface area contributed by atoms with Crippen molar-refractivity contribution in [2.75, 3.05) is 0 Å². The number of hydrogen-bond acceptors (Lipinski definition) is 3. The molecule has 0 atom stereocenters. The lowest BCUT2D eigenvalue weighted by molar-refractivity contribution is -0.274. The molecule has 1 rings (SSSR count). The maximum atomic E-state index is 12.1. The molecule has 1 heterocycles. The zero-order chi connectivity index (χ0) is 13.1. The van der Waals surface area contributed by atoms with E-state index in [9.17, 15) is 13.2 Å². The molecule has 17 heavy (non-hydrogen) atoms. The molecule has 0 aliphatic heterocycles. The Hall–Kier alpha value is -1.48. The lowest BCUT2D eigenvalue weighted by atomic mass is 10.1. The fourth-order valence-electron chi connectivity index (χ4n) is 1.22. The Morgan fingerprint density at radius 2 is 2.18 bits per heavy atom. The van der Waals surface area contributed by atoms with Crippen LogP contribution < -0.4 is 4.74 Å². The molecule has 0 radical (unpaired) electrons. The number of pyridine rings is 1. The van der Waals surface area contributed by atoms with Gasteiger partial charge in [-0.15, -0.1) is 24.8 Å². The highest BCUT2D eigenvalue weighted by Gasteiger charge is 2.32. The Kier molecular flexibility index (Phi) is 4.18. The van der Waals surface area contributed by atoms with Gasteiger partial charge in [-0.3, -0.25) is 4.98 Å². The summed E-state index contributed by atoms with van der Waals surface area (Å²) in [6.45, 7) is 1.43. The largest absolute Gasteiger partial charge is 0.573 e. The summed E-state index contributed by atoms with van der Waals surface area (Å²) in [6, 6.07) is 2.90. The van der Waals surface area contributed by atoms with Gasteiger partial charge in [0.15, 0.2) is 0 Å². The van der Waals surface area contributed by atoms with E-state index in [2.05, 4.69) is 9.72 Å². The quantitative estimate of drug-likeness (QED) is 0.788. The summed E-state index contributed by atoms with van der Waals surface area (Å²) < 4.78 is 40.3. The van der Waals surface area contributed by atoms with Crippen molar-refractivity contribution in [2.24, 2.45) is 0 Å². The Bertz CT molecular complexity index is 454. The highest BCUT2D eigenvalue weighted by molar-refractivity contribution is 6.17. The molecule has 0 spiro atoms. The standard InChI is InChI=1S/C10H8ClF3N2O/c1-6-8(5-11)16-7(2-3-15)4-9(6)17-10(12,13)14/h4H,2,5H2,1H3. The predicted molar refractivity (Wildman–Crippen MR) is 54.5 cm³/mol. The predicted octanol–water partition coefficient (Wildman–Crippen LogP) is 3.09. The van der Waals surface area contributed by atoms with E-state index in [1.165, 1.54) is 6.92 Å². The fourth-order valence-corrected chi connectivity index (χ4v) is 1.48. The number of hydrogen-bond donors (Lipinski definition) is 0. The van der Waals surface area contributed by atoms with E-state index in [1.807, 2.05) is 0 Å². The van der Waals surface area contributed by atoms with Crippen molar-refractivity contribution in [3.05, 3.63) is 23.0 Å². The molecule has 7 heteroatoms. The minimum atomic E-state index is -4.78. The van der Waals surface area contributed by atoms with Gasteiger partial charge in [-0.1, -0.05) is 0 Å². The third kappa shape index (κ3) is 3.79. The molecule has 0 saturated carbocycles. The number of nitriles is 1. The van der Waals surface area contributed by atoms with Gasteiger partial charge >= 0.3 is 6.36 Å². The van der Waals surface area contributed by atoms with Crippen LogP contribution in [-0.4, -0.2) is 11.3 Å². The van der Waals surface area contributed by atoms with Gasteiger partial charge in [0.25, 0.3) is 0 Å². The number of aromatic nitrogens is 1. The first-order chi connectivity index (χ1) is 7.87. The minimum absolute atomic E-state index is 0.0423. The normalized spacial score (nSPS) is 11.1. The second-order valence-electron chi connectivity index (χ2n) is 3.20. The first kappa shape index (κ1) is 13.6. The van der Waals surface area contributed by atoms with Crippen molar-refractivity contribution in [3.63, 3.8) is 0 Å². The van der Waals surface area contributed by atoms with E-state index in [1.54, 1.807) is 6.07 Å². The molecule has 0 unspecified atom stereocenters. The van der Waals surface area contributed by atoms with E-state index in [0.29, 0.717) is 0 Å². The molecular weight excluding hydrogens is 257 g/mol. The molecule has 92 valence electrons. The number of alkyl halides is 4. The summed E-state index contributed by atoms with van der Waals surface area (Å²) in [5.41, 5.74) is 0.700. The lowest BCUT2D eigenvalue weighted by Gasteiger charge is -2.14. The molecule has 3 nitrogen and oxygen atoms in total. The Balaban J connectivity index is 3.19. The van der Waals surface area contributed by atoms with Crippen molar-refractivity contribution in [1.82, 2.24) is 4.98 Å². The second-order valence-corrected chi connectivity index (χ2v) is 3.47. The van der Waals surface area contributed by atoms with Gasteiger partial charge in [-0.25, -0.2) is 0 Å². The van der Waals surface area contributed by atoms with Gasteiger partial charge in [-0.05, 0) is 6.92 Å².